The summed E-state index contributed by atoms with van der Waals surface area (Å²) < 4.78 is 38.6. The van der Waals surface area contributed by atoms with Crippen molar-refractivity contribution in [3.05, 3.63) is 47.0 Å². The monoisotopic (exact) mass is 392 g/mol. The predicted octanol–water partition coefficient (Wildman–Crippen LogP) is 4.62. The van der Waals surface area contributed by atoms with Crippen molar-refractivity contribution in [2.75, 3.05) is 13.6 Å². The molecule has 1 amide bonds. The molecule has 0 heterocycles. The van der Waals surface area contributed by atoms with Crippen molar-refractivity contribution in [3.8, 4) is 6.07 Å². The van der Waals surface area contributed by atoms with Crippen molar-refractivity contribution in [1.82, 2.24) is 4.90 Å². The summed E-state index contributed by atoms with van der Waals surface area (Å²) in [5.74, 6) is -0.703. The van der Waals surface area contributed by atoms with Crippen molar-refractivity contribution < 1.29 is 22.8 Å². The van der Waals surface area contributed by atoms with Crippen LogP contribution in [0.1, 0.15) is 49.5 Å². The lowest BCUT2D eigenvalue weighted by atomic mass is 9.64. The zero-order chi connectivity index (χ0) is 21.3. The Hall–Kier alpha value is -2.62. The molecule has 0 saturated carbocycles. The highest BCUT2D eigenvalue weighted by atomic mass is 19.4. The highest BCUT2D eigenvalue weighted by Crippen LogP contribution is 2.44. The average molecular weight is 392 g/mol. The average Bonchev–Trinajstić information content (AvgIpc) is 2.61. The number of alkyl halides is 3. The molecule has 28 heavy (non-hydrogen) atoms. The van der Waals surface area contributed by atoms with Crippen molar-refractivity contribution in [2.24, 2.45) is 10.8 Å². The second-order valence-corrected chi connectivity index (χ2v) is 8.27. The molecule has 0 bridgehead atoms. The van der Waals surface area contributed by atoms with Gasteiger partial charge in [-0.25, -0.2) is 0 Å². The molecule has 1 atom stereocenters. The van der Waals surface area contributed by atoms with E-state index in [0.29, 0.717) is 12.8 Å². The summed E-state index contributed by atoms with van der Waals surface area (Å²) in [4.78, 5) is 26.2. The van der Waals surface area contributed by atoms with E-state index in [0.717, 1.165) is 12.1 Å². The molecule has 1 aromatic carbocycles. The van der Waals surface area contributed by atoms with E-state index in [4.69, 9.17) is 0 Å². The van der Waals surface area contributed by atoms with Gasteiger partial charge < -0.3 is 4.90 Å². The second kappa shape index (κ2) is 7.42. The summed E-state index contributed by atoms with van der Waals surface area (Å²) in [5, 5.41) is 9.24. The molecule has 0 aliphatic heterocycles. The molecule has 0 saturated heterocycles. The Morgan fingerprint density at radius 2 is 1.93 bits per heavy atom. The highest BCUT2D eigenvalue weighted by Gasteiger charge is 2.42. The number of benzene rings is 1. The Kier molecular flexibility index (Phi) is 5.74. The molecule has 0 unspecified atom stereocenters. The van der Waals surface area contributed by atoms with Crippen molar-refractivity contribution >= 4 is 11.7 Å². The van der Waals surface area contributed by atoms with Crippen LogP contribution in [0.2, 0.25) is 0 Å². The van der Waals surface area contributed by atoms with Gasteiger partial charge in [-0.05, 0) is 36.5 Å². The molecule has 7 heteroatoms. The molecule has 4 nitrogen and oxygen atoms in total. The summed E-state index contributed by atoms with van der Waals surface area (Å²) in [7, 11) is 1.53. The van der Waals surface area contributed by atoms with Crippen LogP contribution in [0, 0.1) is 22.2 Å². The van der Waals surface area contributed by atoms with Crippen LogP contribution in [0.25, 0.3) is 0 Å². The minimum Gasteiger partial charge on any atom is -0.342 e. The zero-order valence-corrected chi connectivity index (χ0v) is 16.4. The van der Waals surface area contributed by atoms with Crippen LogP contribution in [0.15, 0.2) is 35.9 Å². The van der Waals surface area contributed by atoms with Crippen LogP contribution in [0.4, 0.5) is 13.2 Å². The van der Waals surface area contributed by atoms with Gasteiger partial charge in [0.2, 0.25) is 0 Å². The highest BCUT2D eigenvalue weighted by molar-refractivity contribution is 6.03. The van der Waals surface area contributed by atoms with Crippen LogP contribution in [0.5, 0.6) is 0 Å². The number of carbonyl (C=O) groups excluding carboxylic acids is 2. The molecule has 0 N–H and O–H groups in total. The number of nitriles is 1. The van der Waals surface area contributed by atoms with Crippen LogP contribution >= 0.6 is 0 Å². The first-order valence-electron chi connectivity index (χ1n) is 8.90. The van der Waals surface area contributed by atoms with Gasteiger partial charge in [-0.3, -0.25) is 9.59 Å². The lowest BCUT2D eigenvalue weighted by Crippen LogP contribution is -2.39. The minimum atomic E-state index is -4.51. The van der Waals surface area contributed by atoms with E-state index in [1.165, 1.54) is 24.1 Å². The molecular weight excluding hydrogens is 369 g/mol. The molecule has 2 rings (SSSR count). The number of hydrogen-bond donors (Lipinski definition) is 0. The maximum Gasteiger partial charge on any atom is 0.416 e. The fourth-order valence-corrected chi connectivity index (χ4v) is 3.74. The van der Waals surface area contributed by atoms with E-state index in [9.17, 15) is 28.0 Å². The third-order valence-corrected chi connectivity index (χ3v) is 5.12. The minimum absolute atomic E-state index is 0.0325. The number of allylic oxidation sites excluding steroid dienone is 2. The Bertz CT molecular complexity index is 865. The first kappa shape index (κ1) is 21.7. The molecular formula is C21H23F3N2O2. The number of amides is 1. The molecule has 1 aromatic rings. The fourth-order valence-electron chi connectivity index (χ4n) is 3.74. The predicted molar refractivity (Wildman–Crippen MR) is 98.2 cm³/mol. The molecule has 0 spiro atoms. The lowest BCUT2D eigenvalue weighted by molar-refractivity contribution is -0.137. The molecule has 0 fully saturated rings. The van der Waals surface area contributed by atoms with Crippen LogP contribution in [-0.2, 0) is 11.0 Å². The smallest absolute Gasteiger partial charge is 0.342 e. The van der Waals surface area contributed by atoms with Gasteiger partial charge in [0.25, 0.3) is 5.91 Å². The van der Waals surface area contributed by atoms with E-state index in [-0.39, 0.29) is 23.5 Å². The molecule has 150 valence electrons. The summed E-state index contributed by atoms with van der Waals surface area (Å²) >= 11 is 0. The van der Waals surface area contributed by atoms with Gasteiger partial charge in [0.1, 0.15) is 6.07 Å². The van der Waals surface area contributed by atoms with Gasteiger partial charge in [-0.15, -0.1) is 0 Å². The fraction of sp³-hybridized carbons (Fsp3) is 0.476. The SMILES string of the molecule is CN(CC[C@]1(C)C=C(C#N)C(=O)C(C)(C)C1)C(=O)c1cccc(C(F)(F)F)c1. The number of halogens is 3. The zero-order valence-electron chi connectivity index (χ0n) is 16.4. The Morgan fingerprint density at radius 3 is 2.50 bits per heavy atom. The summed E-state index contributed by atoms with van der Waals surface area (Å²) in [6.07, 6.45) is -1.85. The van der Waals surface area contributed by atoms with Gasteiger partial charge in [0, 0.05) is 24.6 Å². The van der Waals surface area contributed by atoms with Gasteiger partial charge in [0.15, 0.2) is 5.78 Å². The number of nitrogens with zero attached hydrogens (tertiary/aromatic N) is 2. The Balaban J connectivity index is 2.14. The second-order valence-electron chi connectivity index (χ2n) is 8.27. The molecule has 0 aromatic heterocycles. The van der Waals surface area contributed by atoms with Crippen molar-refractivity contribution in [1.29, 1.82) is 5.26 Å². The number of carbonyl (C=O) groups is 2. The summed E-state index contributed by atoms with van der Waals surface area (Å²) in [6, 6.07) is 6.28. The maximum absolute atomic E-state index is 12.9. The maximum atomic E-state index is 12.9. The van der Waals surface area contributed by atoms with E-state index in [2.05, 4.69) is 0 Å². The quantitative estimate of drug-likeness (QED) is 0.751. The van der Waals surface area contributed by atoms with Crippen LogP contribution < -0.4 is 0 Å². The van der Waals surface area contributed by atoms with Crippen LogP contribution in [0.3, 0.4) is 0 Å². The van der Waals surface area contributed by atoms with Crippen LogP contribution in [-0.4, -0.2) is 30.2 Å². The van der Waals surface area contributed by atoms with E-state index < -0.39 is 28.5 Å². The van der Waals surface area contributed by atoms with E-state index in [1.807, 2.05) is 13.0 Å². The molecule has 1 aliphatic rings. The standard InChI is InChI=1S/C21H23F3N2O2/c1-19(2)13-20(3,11-15(12-25)17(19)27)8-9-26(4)18(28)14-6-5-7-16(10-14)21(22,23)24/h5-7,10-11H,8-9,13H2,1-4H3/t20-/m1/s1. The van der Waals surface area contributed by atoms with E-state index in [1.54, 1.807) is 19.9 Å². The number of ketones is 1. The molecule has 0 radical (unpaired) electrons. The third kappa shape index (κ3) is 4.61. The first-order valence-corrected chi connectivity index (χ1v) is 8.90. The summed E-state index contributed by atoms with van der Waals surface area (Å²) in [5.41, 5.74) is -1.93. The normalized spacial score (nSPS) is 21.6. The van der Waals surface area contributed by atoms with E-state index >= 15 is 0 Å². The number of Topliss-reactive ketones (excluding diaryl/α,β-unsaturated/α-hetero) is 1. The lowest BCUT2D eigenvalue weighted by Gasteiger charge is -2.39. The number of rotatable bonds is 4. The van der Waals surface area contributed by atoms with Gasteiger partial charge in [-0.1, -0.05) is 32.9 Å². The first-order chi connectivity index (χ1) is 12.8. The van der Waals surface area contributed by atoms with Crippen molar-refractivity contribution in [2.45, 2.75) is 39.8 Å². The van der Waals surface area contributed by atoms with Gasteiger partial charge in [0.05, 0.1) is 11.1 Å². The van der Waals surface area contributed by atoms with Crippen molar-refractivity contribution in [3.63, 3.8) is 0 Å². The largest absolute Gasteiger partial charge is 0.416 e. The third-order valence-electron chi connectivity index (χ3n) is 5.12. The van der Waals surface area contributed by atoms with Gasteiger partial charge >= 0.3 is 6.18 Å². The molecule has 1 aliphatic carbocycles. The van der Waals surface area contributed by atoms with Gasteiger partial charge in [-0.2, -0.15) is 18.4 Å². The topological polar surface area (TPSA) is 61.2 Å². The number of hydrogen-bond acceptors (Lipinski definition) is 3. The Morgan fingerprint density at radius 1 is 1.29 bits per heavy atom. The summed E-state index contributed by atoms with van der Waals surface area (Å²) in [6.45, 7) is 5.77. The Labute approximate surface area is 162 Å².